The van der Waals surface area contributed by atoms with Gasteiger partial charge < -0.3 is 19.3 Å². The summed E-state index contributed by atoms with van der Waals surface area (Å²) in [5.74, 6) is 1.49. The summed E-state index contributed by atoms with van der Waals surface area (Å²) in [6.07, 6.45) is 2.42. The fourth-order valence-electron chi connectivity index (χ4n) is 3.96. The van der Waals surface area contributed by atoms with Gasteiger partial charge in [-0.1, -0.05) is 38.1 Å². The second kappa shape index (κ2) is 12.0. The fourth-order valence-corrected chi connectivity index (χ4v) is 3.96. The third kappa shape index (κ3) is 7.05. The number of aliphatic hydroxyl groups excluding tert-OH is 1. The van der Waals surface area contributed by atoms with Gasteiger partial charge in [-0.25, -0.2) is 0 Å². The molecule has 1 fully saturated rings. The molecule has 0 saturated carbocycles. The molecule has 1 N–H and O–H groups in total. The SMILES string of the molecule is COc1cc(C=O)ccc1OCC(O)CN(Cc1ccc(C(C)C)cc1)CC1CCCO1. The second-order valence-corrected chi connectivity index (χ2v) is 8.72. The normalized spacial score (nSPS) is 17.0. The highest BCUT2D eigenvalue weighted by Crippen LogP contribution is 2.27. The summed E-state index contributed by atoms with van der Waals surface area (Å²) in [6, 6.07) is 13.7. The van der Waals surface area contributed by atoms with Gasteiger partial charge in [-0.05, 0) is 48.1 Å². The van der Waals surface area contributed by atoms with E-state index in [0.717, 1.165) is 38.8 Å². The molecule has 174 valence electrons. The highest BCUT2D eigenvalue weighted by atomic mass is 16.5. The molecule has 2 aromatic rings. The first-order chi connectivity index (χ1) is 15.5. The molecule has 0 spiro atoms. The molecule has 1 heterocycles. The molecule has 2 unspecified atom stereocenters. The van der Waals surface area contributed by atoms with Crippen LogP contribution in [0.5, 0.6) is 11.5 Å². The van der Waals surface area contributed by atoms with Crippen molar-refractivity contribution in [3.05, 3.63) is 59.2 Å². The summed E-state index contributed by atoms with van der Waals surface area (Å²) in [5.41, 5.74) is 3.05. The lowest BCUT2D eigenvalue weighted by Crippen LogP contribution is -2.39. The Kier molecular flexibility index (Phi) is 9.09. The van der Waals surface area contributed by atoms with Crippen LogP contribution in [0.4, 0.5) is 0 Å². The second-order valence-electron chi connectivity index (χ2n) is 8.72. The number of benzene rings is 2. The zero-order valence-electron chi connectivity index (χ0n) is 19.3. The number of aldehydes is 1. The largest absolute Gasteiger partial charge is 0.493 e. The maximum absolute atomic E-state index is 11.0. The van der Waals surface area contributed by atoms with Gasteiger partial charge in [0, 0.05) is 31.8 Å². The molecule has 6 heteroatoms. The van der Waals surface area contributed by atoms with Gasteiger partial charge in [0.15, 0.2) is 11.5 Å². The monoisotopic (exact) mass is 441 g/mol. The van der Waals surface area contributed by atoms with Crippen LogP contribution in [0.2, 0.25) is 0 Å². The minimum absolute atomic E-state index is 0.130. The minimum Gasteiger partial charge on any atom is -0.493 e. The Morgan fingerprint density at radius 3 is 2.59 bits per heavy atom. The van der Waals surface area contributed by atoms with Gasteiger partial charge in [0.1, 0.15) is 19.0 Å². The number of hydrogen-bond donors (Lipinski definition) is 1. The highest BCUT2D eigenvalue weighted by Gasteiger charge is 2.22. The van der Waals surface area contributed by atoms with Crippen LogP contribution < -0.4 is 9.47 Å². The molecule has 6 nitrogen and oxygen atoms in total. The van der Waals surface area contributed by atoms with Gasteiger partial charge in [-0.3, -0.25) is 9.69 Å². The van der Waals surface area contributed by atoms with Gasteiger partial charge in [0.25, 0.3) is 0 Å². The van der Waals surface area contributed by atoms with Crippen LogP contribution >= 0.6 is 0 Å². The lowest BCUT2D eigenvalue weighted by molar-refractivity contribution is 0.0310. The van der Waals surface area contributed by atoms with Crippen molar-refractivity contribution in [3.63, 3.8) is 0 Å². The molecule has 32 heavy (non-hydrogen) atoms. The third-order valence-corrected chi connectivity index (χ3v) is 5.76. The summed E-state index contributed by atoms with van der Waals surface area (Å²) in [6.45, 7) is 7.32. The molecule has 3 rings (SSSR count). The molecule has 2 aromatic carbocycles. The molecular formula is C26H35NO5. The van der Waals surface area contributed by atoms with E-state index in [4.69, 9.17) is 14.2 Å². The Bertz CT molecular complexity index is 846. The number of carbonyl (C=O) groups excluding carboxylic acids is 1. The van der Waals surface area contributed by atoms with E-state index in [1.807, 2.05) is 0 Å². The summed E-state index contributed by atoms with van der Waals surface area (Å²) < 4.78 is 16.9. The topological polar surface area (TPSA) is 68.2 Å². The molecule has 0 radical (unpaired) electrons. The van der Waals surface area contributed by atoms with E-state index >= 15 is 0 Å². The number of methoxy groups -OCH3 is 1. The van der Waals surface area contributed by atoms with E-state index in [-0.39, 0.29) is 12.7 Å². The molecule has 0 amide bonds. The predicted molar refractivity (Wildman–Crippen MR) is 125 cm³/mol. The summed E-state index contributed by atoms with van der Waals surface area (Å²) in [7, 11) is 1.53. The molecule has 0 bridgehead atoms. The smallest absolute Gasteiger partial charge is 0.161 e. The zero-order valence-corrected chi connectivity index (χ0v) is 19.3. The lowest BCUT2D eigenvalue weighted by atomic mass is 10.0. The molecule has 1 aliphatic rings. The van der Waals surface area contributed by atoms with Crippen molar-refractivity contribution < 1.29 is 24.1 Å². The minimum atomic E-state index is -0.679. The number of aliphatic hydroxyl groups is 1. The van der Waals surface area contributed by atoms with Crippen LogP contribution in [0.25, 0.3) is 0 Å². The molecule has 0 aromatic heterocycles. The van der Waals surface area contributed by atoms with Crippen LogP contribution in [0, 0.1) is 0 Å². The van der Waals surface area contributed by atoms with Crippen molar-refractivity contribution in [2.24, 2.45) is 0 Å². The van der Waals surface area contributed by atoms with Gasteiger partial charge in [-0.2, -0.15) is 0 Å². The first-order valence-electron chi connectivity index (χ1n) is 11.4. The first kappa shape index (κ1) is 24.2. The number of hydrogen-bond acceptors (Lipinski definition) is 6. The summed E-state index contributed by atoms with van der Waals surface area (Å²) in [5, 5.41) is 10.7. The maximum Gasteiger partial charge on any atom is 0.161 e. The highest BCUT2D eigenvalue weighted by molar-refractivity contribution is 5.76. The van der Waals surface area contributed by atoms with Gasteiger partial charge >= 0.3 is 0 Å². The van der Waals surface area contributed by atoms with E-state index in [2.05, 4.69) is 43.0 Å². The van der Waals surface area contributed by atoms with Gasteiger partial charge in [-0.15, -0.1) is 0 Å². The lowest BCUT2D eigenvalue weighted by Gasteiger charge is -2.27. The molecule has 1 saturated heterocycles. The number of carbonyl (C=O) groups is 1. The van der Waals surface area contributed by atoms with Crippen molar-refractivity contribution in [1.29, 1.82) is 0 Å². The van der Waals surface area contributed by atoms with Crippen molar-refractivity contribution in [3.8, 4) is 11.5 Å². The summed E-state index contributed by atoms with van der Waals surface area (Å²) in [4.78, 5) is 13.2. The van der Waals surface area contributed by atoms with E-state index in [1.54, 1.807) is 18.2 Å². The molecule has 0 aliphatic carbocycles. The molecular weight excluding hydrogens is 406 g/mol. The number of nitrogens with zero attached hydrogens (tertiary/aromatic N) is 1. The van der Waals surface area contributed by atoms with Crippen molar-refractivity contribution >= 4 is 6.29 Å². The van der Waals surface area contributed by atoms with Gasteiger partial charge in [0.05, 0.1) is 13.2 Å². The van der Waals surface area contributed by atoms with Crippen molar-refractivity contribution in [2.75, 3.05) is 33.4 Å². The van der Waals surface area contributed by atoms with E-state index in [0.29, 0.717) is 29.5 Å². The zero-order chi connectivity index (χ0) is 22.9. The third-order valence-electron chi connectivity index (χ3n) is 5.76. The van der Waals surface area contributed by atoms with E-state index in [1.165, 1.54) is 18.2 Å². The van der Waals surface area contributed by atoms with Crippen LogP contribution in [0.15, 0.2) is 42.5 Å². The Labute approximate surface area is 191 Å². The maximum atomic E-state index is 11.0. The van der Waals surface area contributed by atoms with E-state index in [9.17, 15) is 9.90 Å². The first-order valence-corrected chi connectivity index (χ1v) is 11.4. The standard InChI is InChI=1S/C26H35NO5/c1-19(2)22-9-6-20(7-10-22)14-27(16-24-5-4-12-31-24)15-23(29)18-32-25-11-8-21(17-28)13-26(25)30-3/h6-11,13,17,19,23-24,29H,4-5,12,14-16,18H2,1-3H3. The Morgan fingerprint density at radius 2 is 1.97 bits per heavy atom. The Morgan fingerprint density at radius 1 is 1.19 bits per heavy atom. The predicted octanol–water partition coefficient (Wildman–Crippen LogP) is 4.05. The Hall–Kier alpha value is -2.41. The van der Waals surface area contributed by atoms with E-state index < -0.39 is 6.10 Å². The van der Waals surface area contributed by atoms with Crippen molar-refractivity contribution in [1.82, 2.24) is 4.90 Å². The van der Waals surface area contributed by atoms with Crippen LogP contribution in [0.3, 0.4) is 0 Å². The number of ether oxygens (including phenoxy) is 3. The number of rotatable bonds is 12. The van der Waals surface area contributed by atoms with Crippen molar-refractivity contribution in [2.45, 2.75) is 51.4 Å². The average molecular weight is 442 g/mol. The van der Waals surface area contributed by atoms with Crippen LogP contribution in [-0.2, 0) is 11.3 Å². The average Bonchev–Trinajstić information content (AvgIpc) is 3.30. The molecule has 2 atom stereocenters. The quantitative estimate of drug-likeness (QED) is 0.501. The van der Waals surface area contributed by atoms with Gasteiger partial charge in [0.2, 0.25) is 0 Å². The van der Waals surface area contributed by atoms with Crippen LogP contribution in [0.1, 0.15) is 54.1 Å². The fraction of sp³-hybridized carbons (Fsp3) is 0.500. The Balaban J connectivity index is 1.61. The molecule has 1 aliphatic heterocycles. The summed E-state index contributed by atoms with van der Waals surface area (Å²) >= 11 is 0. The van der Waals surface area contributed by atoms with Crippen LogP contribution in [-0.4, -0.2) is 61.9 Å².